The molecule has 20 heavy (non-hydrogen) atoms. The van der Waals surface area contributed by atoms with E-state index in [9.17, 15) is 4.39 Å². The first-order chi connectivity index (χ1) is 9.67. The van der Waals surface area contributed by atoms with Gasteiger partial charge in [-0.25, -0.2) is 4.39 Å². The van der Waals surface area contributed by atoms with Crippen LogP contribution in [0, 0.1) is 5.82 Å². The number of hydrogen-bond acceptors (Lipinski definition) is 3. The van der Waals surface area contributed by atoms with E-state index in [1.54, 1.807) is 20.3 Å². The second-order valence-electron chi connectivity index (χ2n) is 4.42. The van der Waals surface area contributed by atoms with E-state index in [0.29, 0.717) is 11.5 Å². The molecule has 0 bridgehead atoms. The average molecular weight is 275 g/mol. The summed E-state index contributed by atoms with van der Waals surface area (Å²) in [6, 6.07) is 12.0. The van der Waals surface area contributed by atoms with E-state index in [1.807, 2.05) is 31.3 Å². The summed E-state index contributed by atoms with van der Waals surface area (Å²) in [5, 5.41) is 3.19. The molecule has 0 fully saturated rings. The lowest BCUT2D eigenvalue weighted by molar-refractivity contribution is 0.392. The molecule has 0 amide bonds. The SMILES string of the molecule is CNC(c1cccc(F)c1)c1cc(OC)cc(OC)c1. The van der Waals surface area contributed by atoms with Crippen molar-refractivity contribution in [2.45, 2.75) is 6.04 Å². The molecule has 2 aromatic rings. The van der Waals surface area contributed by atoms with Gasteiger partial charge >= 0.3 is 0 Å². The third-order valence-corrected chi connectivity index (χ3v) is 3.18. The fraction of sp³-hybridized carbons (Fsp3) is 0.250. The Kier molecular flexibility index (Phi) is 4.58. The predicted molar refractivity (Wildman–Crippen MR) is 76.8 cm³/mol. The second kappa shape index (κ2) is 6.39. The molecule has 3 nitrogen and oxygen atoms in total. The molecule has 106 valence electrons. The Hall–Kier alpha value is -2.07. The quantitative estimate of drug-likeness (QED) is 0.909. The van der Waals surface area contributed by atoms with Crippen molar-refractivity contribution >= 4 is 0 Å². The van der Waals surface area contributed by atoms with E-state index in [-0.39, 0.29) is 11.9 Å². The summed E-state index contributed by atoms with van der Waals surface area (Å²) in [6.45, 7) is 0. The zero-order valence-electron chi connectivity index (χ0n) is 11.8. The molecule has 0 radical (unpaired) electrons. The first-order valence-electron chi connectivity index (χ1n) is 6.33. The van der Waals surface area contributed by atoms with Gasteiger partial charge in [0.15, 0.2) is 0 Å². The van der Waals surface area contributed by atoms with E-state index >= 15 is 0 Å². The van der Waals surface area contributed by atoms with Crippen LogP contribution in [-0.4, -0.2) is 21.3 Å². The second-order valence-corrected chi connectivity index (χ2v) is 4.42. The Balaban J connectivity index is 2.45. The maximum atomic E-state index is 13.4. The van der Waals surface area contributed by atoms with Crippen LogP contribution in [0.15, 0.2) is 42.5 Å². The lowest BCUT2D eigenvalue weighted by atomic mass is 9.98. The molecule has 1 N–H and O–H groups in total. The lowest BCUT2D eigenvalue weighted by Gasteiger charge is -2.19. The summed E-state index contributed by atoms with van der Waals surface area (Å²) in [6.07, 6.45) is 0. The van der Waals surface area contributed by atoms with Crippen LogP contribution < -0.4 is 14.8 Å². The van der Waals surface area contributed by atoms with Crippen molar-refractivity contribution in [2.75, 3.05) is 21.3 Å². The Morgan fingerprint density at radius 1 is 0.950 bits per heavy atom. The van der Waals surface area contributed by atoms with Crippen LogP contribution in [-0.2, 0) is 0 Å². The number of benzene rings is 2. The van der Waals surface area contributed by atoms with Crippen LogP contribution in [0.2, 0.25) is 0 Å². The van der Waals surface area contributed by atoms with Crippen LogP contribution in [0.1, 0.15) is 17.2 Å². The summed E-state index contributed by atoms with van der Waals surface area (Å²) in [7, 11) is 5.05. The Bertz CT molecular complexity index is 564. The van der Waals surface area contributed by atoms with Crippen molar-refractivity contribution in [3.05, 3.63) is 59.4 Å². The number of methoxy groups -OCH3 is 2. The van der Waals surface area contributed by atoms with Gasteiger partial charge in [-0.3, -0.25) is 0 Å². The van der Waals surface area contributed by atoms with E-state index in [1.165, 1.54) is 12.1 Å². The molecule has 0 heterocycles. The minimum Gasteiger partial charge on any atom is -0.497 e. The number of rotatable bonds is 5. The van der Waals surface area contributed by atoms with Crippen molar-refractivity contribution in [1.29, 1.82) is 0 Å². The Labute approximate surface area is 118 Å². The smallest absolute Gasteiger partial charge is 0.123 e. The molecule has 0 saturated heterocycles. The van der Waals surface area contributed by atoms with Gasteiger partial charge < -0.3 is 14.8 Å². The van der Waals surface area contributed by atoms with Gasteiger partial charge in [0.05, 0.1) is 20.3 Å². The molecule has 0 aliphatic heterocycles. The van der Waals surface area contributed by atoms with E-state index in [2.05, 4.69) is 5.32 Å². The summed E-state index contributed by atoms with van der Waals surface area (Å²) < 4.78 is 23.9. The molecule has 0 aromatic heterocycles. The number of ether oxygens (including phenoxy) is 2. The highest BCUT2D eigenvalue weighted by Crippen LogP contribution is 2.30. The van der Waals surface area contributed by atoms with Crippen molar-refractivity contribution in [2.24, 2.45) is 0 Å². The standard InChI is InChI=1S/C16H18FNO2/c1-18-16(11-5-4-6-13(17)7-11)12-8-14(19-2)10-15(9-12)20-3/h4-10,16,18H,1-3H3. The topological polar surface area (TPSA) is 30.5 Å². The number of nitrogens with one attached hydrogen (secondary N) is 1. The summed E-state index contributed by atoms with van der Waals surface area (Å²) in [5.74, 6) is 1.16. The molecule has 2 aromatic carbocycles. The molecule has 0 aliphatic carbocycles. The van der Waals surface area contributed by atoms with Gasteiger partial charge in [0.25, 0.3) is 0 Å². The number of halogens is 1. The monoisotopic (exact) mass is 275 g/mol. The Morgan fingerprint density at radius 3 is 2.10 bits per heavy atom. The lowest BCUT2D eigenvalue weighted by Crippen LogP contribution is -2.18. The molecule has 4 heteroatoms. The van der Waals surface area contributed by atoms with Gasteiger partial charge in [0.2, 0.25) is 0 Å². The van der Waals surface area contributed by atoms with Crippen LogP contribution >= 0.6 is 0 Å². The first-order valence-corrected chi connectivity index (χ1v) is 6.33. The van der Waals surface area contributed by atoms with Gasteiger partial charge in [0, 0.05) is 6.07 Å². The third-order valence-electron chi connectivity index (χ3n) is 3.18. The zero-order valence-corrected chi connectivity index (χ0v) is 11.8. The van der Waals surface area contributed by atoms with Gasteiger partial charge in [-0.1, -0.05) is 12.1 Å². The minimum absolute atomic E-state index is 0.130. The molecule has 0 aliphatic rings. The zero-order chi connectivity index (χ0) is 14.5. The number of hydrogen-bond donors (Lipinski definition) is 1. The largest absolute Gasteiger partial charge is 0.497 e. The van der Waals surface area contributed by atoms with Crippen LogP contribution in [0.5, 0.6) is 11.5 Å². The minimum atomic E-state index is -0.252. The maximum absolute atomic E-state index is 13.4. The molecular formula is C16H18FNO2. The van der Waals surface area contributed by atoms with Crippen molar-refractivity contribution in [3.63, 3.8) is 0 Å². The third kappa shape index (κ3) is 3.08. The molecule has 2 rings (SSSR count). The fourth-order valence-electron chi connectivity index (χ4n) is 2.21. The highest BCUT2D eigenvalue weighted by atomic mass is 19.1. The maximum Gasteiger partial charge on any atom is 0.123 e. The van der Waals surface area contributed by atoms with E-state index < -0.39 is 0 Å². The van der Waals surface area contributed by atoms with Crippen LogP contribution in [0.25, 0.3) is 0 Å². The van der Waals surface area contributed by atoms with E-state index in [0.717, 1.165) is 11.1 Å². The fourth-order valence-corrected chi connectivity index (χ4v) is 2.21. The predicted octanol–water partition coefficient (Wildman–Crippen LogP) is 3.15. The molecular weight excluding hydrogens is 257 g/mol. The molecule has 0 spiro atoms. The Morgan fingerprint density at radius 2 is 1.60 bits per heavy atom. The van der Waals surface area contributed by atoms with Gasteiger partial charge in [-0.15, -0.1) is 0 Å². The summed E-state index contributed by atoms with van der Waals surface area (Å²) >= 11 is 0. The van der Waals surface area contributed by atoms with Crippen molar-refractivity contribution in [1.82, 2.24) is 5.32 Å². The normalized spacial score (nSPS) is 12.0. The summed E-state index contributed by atoms with van der Waals surface area (Å²) in [4.78, 5) is 0. The van der Waals surface area contributed by atoms with Crippen molar-refractivity contribution < 1.29 is 13.9 Å². The van der Waals surface area contributed by atoms with Gasteiger partial charge in [0.1, 0.15) is 17.3 Å². The van der Waals surface area contributed by atoms with Gasteiger partial charge in [-0.2, -0.15) is 0 Å². The van der Waals surface area contributed by atoms with Crippen LogP contribution in [0.4, 0.5) is 4.39 Å². The van der Waals surface area contributed by atoms with Crippen molar-refractivity contribution in [3.8, 4) is 11.5 Å². The molecule has 0 saturated carbocycles. The summed E-state index contributed by atoms with van der Waals surface area (Å²) in [5.41, 5.74) is 1.80. The highest BCUT2D eigenvalue weighted by molar-refractivity contribution is 5.43. The van der Waals surface area contributed by atoms with E-state index in [4.69, 9.17) is 9.47 Å². The first kappa shape index (κ1) is 14.3. The van der Waals surface area contributed by atoms with Gasteiger partial charge in [-0.05, 0) is 42.4 Å². The molecule has 1 unspecified atom stereocenters. The highest BCUT2D eigenvalue weighted by Gasteiger charge is 2.15. The molecule has 1 atom stereocenters. The average Bonchev–Trinajstić information content (AvgIpc) is 2.47. The van der Waals surface area contributed by atoms with Crippen LogP contribution in [0.3, 0.4) is 0 Å².